The Morgan fingerprint density at radius 2 is 1.71 bits per heavy atom. The molecule has 7 heteroatoms. The van der Waals surface area contributed by atoms with E-state index in [1.807, 2.05) is 0 Å². The quantitative estimate of drug-likeness (QED) is 0.836. The fraction of sp³-hybridized carbons (Fsp3) is 0.381. The summed E-state index contributed by atoms with van der Waals surface area (Å²) in [6, 6.07) is 12.5. The van der Waals surface area contributed by atoms with Crippen molar-refractivity contribution in [3.05, 3.63) is 59.2 Å². The maximum atomic E-state index is 12.9. The zero-order chi connectivity index (χ0) is 20.3. The van der Waals surface area contributed by atoms with Crippen LogP contribution in [0.4, 0.5) is 5.69 Å². The predicted molar refractivity (Wildman–Crippen MR) is 111 cm³/mol. The highest BCUT2D eigenvalue weighted by molar-refractivity contribution is 7.89. The first-order chi connectivity index (χ1) is 13.3. The number of sulfonamides is 1. The van der Waals surface area contributed by atoms with Crippen LogP contribution < -0.4 is 9.62 Å². The number of benzene rings is 2. The van der Waals surface area contributed by atoms with Crippen LogP contribution in [0.15, 0.2) is 47.4 Å². The fourth-order valence-corrected chi connectivity index (χ4v) is 4.57. The minimum atomic E-state index is -3.58. The van der Waals surface area contributed by atoms with Crippen LogP contribution in [0.2, 0.25) is 0 Å². The third-order valence-electron chi connectivity index (χ3n) is 5.21. The monoisotopic (exact) mass is 401 g/mol. The lowest BCUT2D eigenvalue weighted by Gasteiger charge is -2.37. The predicted octanol–water partition coefficient (Wildman–Crippen LogP) is 2.56. The molecule has 6 nitrogen and oxygen atoms in total. The molecule has 1 saturated heterocycles. The summed E-state index contributed by atoms with van der Waals surface area (Å²) in [6.45, 7) is 8.98. The van der Waals surface area contributed by atoms with E-state index < -0.39 is 10.0 Å². The van der Waals surface area contributed by atoms with E-state index in [1.165, 1.54) is 28.9 Å². The van der Waals surface area contributed by atoms with Gasteiger partial charge in [0, 0.05) is 44.0 Å². The van der Waals surface area contributed by atoms with Crippen molar-refractivity contribution in [1.82, 2.24) is 9.62 Å². The van der Waals surface area contributed by atoms with Crippen molar-refractivity contribution in [2.45, 2.75) is 25.7 Å². The molecule has 0 aromatic heterocycles. The number of hydrogen-bond acceptors (Lipinski definition) is 4. The summed E-state index contributed by atoms with van der Waals surface area (Å²) in [5, 5.41) is 0. The summed E-state index contributed by atoms with van der Waals surface area (Å²) in [5.41, 5.74) is 4.14. The second-order valence-electron chi connectivity index (χ2n) is 7.03. The number of aryl methyl sites for hydroxylation is 1. The maximum Gasteiger partial charge on any atom is 0.254 e. The highest BCUT2D eigenvalue weighted by Crippen LogP contribution is 2.24. The minimum Gasteiger partial charge on any atom is -0.368 e. The lowest BCUT2D eigenvalue weighted by atomic mass is 10.1. The Bertz CT molecular complexity index is 965. The van der Waals surface area contributed by atoms with Gasteiger partial charge >= 0.3 is 0 Å². The molecule has 0 atom stereocenters. The molecule has 28 heavy (non-hydrogen) atoms. The van der Waals surface area contributed by atoms with Crippen molar-refractivity contribution in [1.29, 1.82) is 0 Å². The molecule has 1 N–H and O–H groups in total. The summed E-state index contributed by atoms with van der Waals surface area (Å²) >= 11 is 0. The molecular weight excluding hydrogens is 374 g/mol. The van der Waals surface area contributed by atoms with Crippen molar-refractivity contribution in [2.24, 2.45) is 0 Å². The van der Waals surface area contributed by atoms with Crippen LogP contribution >= 0.6 is 0 Å². The number of rotatable bonds is 5. The number of piperazine rings is 1. The maximum absolute atomic E-state index is 12.9. The van der Waals surface area contributed by atoms with E-state index in [0.717, 1.165) is 13.1 Å². The summed E-state index contributed by atoms with van der Waals surface area (Å²) in [7, 11) is -3.58. The van der Waals surface area contributed by atoms with Crippen LogP contribution in [0.1, 0.15) is 28.4 Å². The SMILES string of the molecule is CCNS(=O)(=O)c1cccc(C(=O)N2CCN(c3cccc(C)c3C)CC2)c1. The van der Waals surface area contributed by atoms with Crippen molar-refractivity contribution in [2.75, 3.05) is 37.6 Å². The summed E-state index contributed by atoms with van der Waals surface area (Å²) in [4.78, 5) is 17.1. The Hall–Kier alpha value is -2.38. The van der Waals surface area contributed by atoms with Gasteiger partial charge in [-0.1, -0.05) is 25.1 Å². The zero-order valence-electron chi connectivity index (χ0n) is 16.6. The van der Waals surface area contributed by atoms with Crippen molar-refractivity contribution in [3.63, 3.8) is 0 Å². The number of nitrogens with zero attached hydrogens (tertiary/aromatic N) is 2. The van der Waals surface area contributed by atoms with E-state index in [9.17, 15) is 13.2 Å². The van der Waals surface area contributed by atoms with Crippen molar-refractivity contribution < 1.29 is 13.2 Å². The van der Waals surface area contributed by atoms with Crippen LogP contribution in [0.5, 0.6) is 0 Å². The zero-order valence-corrected chi connectivity index (χ0v) is 17.4. The Kier molecular flexibility index (Phi) is 6.05. The van der Waals surface area contributed by atoms with Gasteiger partial charge in [-0.05, 0) is 49.2 Å². The lowest BCUT2D eigenvalue weighted by Crippen LogP contribution is -2.49. The molecule has 150 valence electrons. The topological polar surface area (TPSA) is 69.7 Å². The normalized spacial score (nSPS) is 15.0. The summed E-state index contributed by atoms with van der Waals surface area (Å²) in [5.74, 6) is -0.130. The van der Waals surface area contributed by atoms with Crippen molar-refractivity contribution >= 4 is 21.6 Å². The molecule has 2 aromatic carbocycles. The first kappa shape index (κ1) is 20.4. The molecule has 1 amide bonds. The average molecular weight is 402 g/mol. The fourth-order valence-electron chi connectivity index (χ4n) is 3.48. The van der Waals surface area contributed by atoms with Gasteiger partial charge in [-0.3, -0.25) is 4.79 Å². The Morgan fingerprint density at radius 3 is 2.39 bits per heavy atom. The molecule has 0 radical (unpaired) electrons. The van der Waals surface area contributed by atoms with Crippen LogP contribution in [0, 0.1) is 13.8 Å². The van der Waals surface area contributed by atoms with Gasteiger partial charge in [0.15, 0.2) is 0 Å². The molecule has 3 rings (SSSR count). The molecule has 1 heterocycles. The number of amides is 1. The largest absolute Gasteiger partial charge is 0.368 e. The Morgan fingerprint density at radius 1 is 1.04 bits per heavy atom. The molecule has 0 bridgehead atoms. The van der Waals surface area contributed by atoms with Gasteiger partial charge in [-0.15, -0.1) is 0 Å². The standard InChI is InChI=1S/C21H27N3O3S/c1-4-22-28(26,27)19-9-6-8-18(15-19)21(25)24-13-11-23(12-14-24)20-10-5-7-16(2)17(20)3/h5-10,15,22H,4,11-14H2,1-3H3. The number of anilines is 1. The molecule has 0 aliphatic carbocycles. The number of carbonyl (C=O) groups excluding carboxylic acids is 1. The summed E-state index contributed by atoms with van der Waals surface area (Å²) in [6.07, 6.45) is 0. The van der Waals surface area contributed by atoms with E-state index in [4.69, 9.17) is 0 Å². The first-order valence-corrected chi connectivity index (χ1v) is 11.0. The number of nitrogens with one attached hydrogen (secondary N) is 1. The van der Waals surface area contributed by atoms with Gasteiger partial charge in [-0.2, -0.15) is 0 Å². The molecule has 1 aliphatic rings. The van der Waals surface area contributed by atoms with Gasteiger partial charge in [0.2, 0.25) is 10.0 Å². The van der Waals surface area contributed by atoms with Crippen molar-refractivity contribution in [3.8, 4) is 0 Å². The highest BCUT2D eigenvalue weighted by Gasteiger charge is 2.24. The third kappa shape index (κ3) is 4.20. The lowest BCUT2D eigenvalue weighted by molar-refractivity contribution is 0.0746. The molecule has 1 aliphatic heterocycles. The summed E-state index contributed by atoms with van der Waals surface area (Å²) < 4.78 is 26.9. The van der Waals surface area contributed by atoms with Crippen LogP contribution in [0.3, 0.4) is 0 Å². The smallest absolute Gasteiger partial charge is 0.254 e. The number of hydrogen-bond donors (Lipinski definition) is 1. The van der Waals surface area contributed by atoms with E-state index in [0.29, 0.717) is 25.2 Å². The molecule has 0 saturated carbocycles. The molecule has 0 spiro atoms. The van der Waals surface area contributed by atoms with Gasteiger partial charge in [0.1, 0.15) is 0 Å². The van der Waals surface area contributed by atoms with Gasteiger partial charge in [-0.25, -0.2) is 13.1 Å². The average Bonchev–Trinajstić information content (AvgIpc) is 2.70. The Labute approximate surface area is 167 Å². The van der Waals surface area contributed by atoms with Crippen LogP contribution in [-0.4, -0.2) is 51.9 Å². The highest BCUT2D eigenvalue weighted by atomic mass is 32.2. The van der Waals surface area contributed by atoms with Gasteiger partial charge in [0.25, 0.3) is 5.91 Å². The van der Waals surface area contributed by atoms with E-state index in [2.05, 4.69) is 41.7 Å². The number of carbonyl (C=O) groups is 1. The van der Waals surface area contributed by atoms with E-state index >= 15 is 0 Å². The molecule has 1 fully saturated rings. The molecule has 2 aromatic rings. The second-order valence-corrected chi connectivity index (χ2v) is 8.79. The Balaban J connectivity index is 1.71. The third-order valence-corrected chi connectivity index (χ3v) is 6.75. The minimum absolute atomic E-state index is 0.120. The first-order valence-electron chi connectivity index (χ1n) is 9.53. The van der Waals surface area contributed by atoms with Crippen LogP contribution in [0.25, 0.3) is 0 Å². The van der Waals surface area contributed by atoms with Gasteiger partial charge in [0.05, 0.1) is 4.90 Å². The van der Waals surface area contributed by atoms with E-state index in [-0.39, 0.29) is 10.8 Å². The van der Waals surface area contributed by atoms with Crippen LogP contribution in [-0.2, 0) is 10.0 Å². The second kappa shape index (κ2) is 8.32. The molecular formula is C21H27N3O3S. The van der Waals surface area contributed by atoms with E-state index in [1.54, 1.807) is 24.0 Å². The van der Waals surface area contributed by atoms with Gasteiger partial charge < -0.3 is 9.80 Å². The molecule has 0 unspecified atom stereocenters.